The standard InChI is InChI=1S/C14H15BrN2O2/c15-13-4-3-12(17(18)19)7-14(13)16-8-11-6-9-1-2-10(11)5-9/h1-4,7,9-11,16H,5-6,8H2. The Bertz CT molecular complexity index is 544. The van der Waals surface area contributed by atoms with Crippen molar-refractivity contribution in [2.24, 2.45) is 17.8 Å². The molecule has 2 bridgehead atoms. The van der Waals surface area contributed by atoms with Crippen molar-refractivity contribution >= 4 is 27.3 Å². The third kappa shape index (κ3) is 2.52. The zero-order chi connectivity index (χ0) is 13.4. The van der Waals surface area contributed by atoms with Crippen LogP contribution in [0.5, 0.6) is 0 Å². The molecule has 1 aromatic carbocycles. The Morgan fingerprint density at radius 3 is 2.84 bits per heavy atom. The van der Waals surface area contributed by atoms with Crippen LogP contribution in [0.2, 0.25) is 0 Å². The van der Waals surface area contributed by atoms with E-state index in [1.54, 1.807) is 12.1 Å². The average molecular weight is 323 g/mol. The van der Waals surface area contributed by atoms with E-state index >= 15 is 0 Å². The first-order chi connectivity index (χ1) is 9.13. The minimum absolute atomic E-state index is 0.124. The highest BCUT2D eigenvalue weighted by atomic mass is 79.9. The van der Waals surface area contributed by atoms with Crippen LogP contribution >= 0.6 is 15.9 Å². The number of nitro groups is 1. The van der Waals surface area contributed by atoms with Crippen LogP contribution in [0.1, 0.15) is 12.8 Å². The van der Waals surface area contributed by atoms with Crippen molar-refractivity contribution in [3.63, 3.8) is 0 Å². The number of allylic oxidation sites excluding steroid dienone is 2. The molecule has 0 aromatic heterocycles. The van der Waals surface area contributed by atoms with Crippen molar-refractivity contribution < 1.29 is 4.92 Å². The Hall–Kier alpha value is -1.36. The number of fused-ring (bicyclic) bond motifs is 2. The van der Waals surface area contributed by atoms with Crippen molar-refractivity contribution in [3.8, 4) is 0 Å². The topological polar surface area (TPSA) is 55.2 Å². The number of anilines is 1. The molecule has 0 heterocycles. The van der Waals surface area contributed by atoms with Crippen LogP contribution in [0.3, 0.4) is 0 Å². The Morgan fingerprint density at radius 1 is 1.37 bits per heavy atom. The summed E-state index contributed by atoms with van der Waals surface area (Å²) >= 11 is 3.43. The molecule has 2 aliphatic rings. The number of nitro benzene ring substituents is 1. The molecular weight excluding hydrogens is 308 g/mol. The lowest BCUT2D eigenvalue weighted by atomic mass is 9.93. The molecule has 0 amide bonds. The van der Waals surface area contributed by atoms with Gasteiger partial charge in [0.05, 0.1) is 10.6 Å². The van der Waals surface area contributed by atoms with Crippen molar-refractivity contribution in [3.05, 3.63) is 44.9 Å². The lowest BCUT2D eigenvalue weighted by Crippen LogP contribution is -2.18. The summed E-state index contributed by atoms with van der Waals surface area (Å²) in [5, 5.41) is 14.1. The first kappa shape index (κ1) is 12.7. The number of nitrogens with zero attached hydrogens (tertiary/aromatic N) is 1. The first-order valence-electron chi connectivity index (χ1n) is 6.49. The maximum atomic E-state index is 10.8. The molecule has 100 valence electrons. The lowest BCUT2D eigenvalue weighted by molar-refractivity contribution is -0.384. The highest BCUT2D eigenvalue weighted by Gasteiger charge is 2.35. The highest BCUT2D eigenvalue weighted by Crippen LogP contribution is 2.43. The van der Waals surface area contributed by atoms with E-state index in [9.17, 15) is 10.1 Å². The quantitative estimate of drug-likeness (QED) is 0.518. The van der Waals surface area contributed by atoms with Gasteiger partial charge in [-0.2, -0.15) is 0 Å². The van der Waals surface area contributed by atoms with Crippen molar-refractivity contribution in [1.82, 2.24) is 0 Å². The fourth-order valence-corrected chi connectivity index (χ4v) is 3.52. The van der Waals surface area contributed by atoms with Gasteiger partial charge in [0.2, 0.25) is 0 Å². The predicted octanol–water partition coefficient (Wildman–Crippen LogP) is 3.98. The van der Waals surface area contributed by atoms with Gasteiger partial charge in [-0.3, -0.25) is 10.1 Å². The Labute approximate surface area is 120 Å². The molecule has 19 heavy (non-hydrogen) atoms. The summed E-state index contributed by atoms with van der Waals surface area (Å²) in [7, 11) is 0. The SMILES string of the molecule is O=[N+]([O-])c1ccc(Br)c(NCC2CC3C=CC2C3)c1. The predicted molar refractivity (Wildman–Crippen MR) is 78.1 cm³/mol. The van der Waals surface area contributed by atoms with Gasteiger partial charge < -0.3 is 5.32 Å². The third-order valence-electron chi connectivity index (χ3n) is 4.13. The number of hydrogen-bond acceptors (Lipinski definition) is 3. The van der Waals surface area contributed by atoms with Crippen LogP contribution in [-0.2, 0) is 0 Å². The number of halogens is 1. The highest BCUT2D eigenvalue weighted by molar-refractivity contribution is 9.10. The first-order valence-corrected chi connectivity index (χ1v) is 7.29. The number of rotatable bonds is 4. The third-order valence-corrected chi connectivity index (χ3v) is 4.82. The lowest BCUT2D eigenvalue weighted by Gasteiger charge is -2.19. The van der Waals surface area contributed by atoms with E-state index in [1.807, 2.05) is 0 Å². The fourth-order valence-electron chi connectivity index (χ4n) is 3.13. The molecule has 0 spiro atoms. The van der Waals surface area contributed by atoms with Gasteiger partial charge in [0.15, 0.2) is 0 Å². The summed E-state index contributed by atoms with van der Waals surface area (Å²) in [6.07, 6.45) is 7.16. The van der Waals surface area contributed by atoms with E-state index in [4.69, 9.17) is 0 Å². The van der Waals surface area contributed by atoms with Gasteiger partial charge in [0.25, 0.3) is 5.69 Å². The summed E-state index contributed by atoms with van der Waals surface area (Å²) < 4.78 is 0.872. The summed E-state index contributed by atoms with van der Waals surface area (Å²) in [6.45, 7) is 0.880. The van der Waals surface area contributed by atoms with Crippen LogP contribution in [-0.4, -0.2) is 11.5 Å². The maximum Gasteiger partial charge on any atom is 0.271 e. The molecule has 1 N–H and O–H groups in total. The van der Waals surface area contributed by atoms with Crippen LogP contribution in [0.25, 0.3) is 0 Å². The second-order valence-electron chi connectivity index (χ2n) is 5.34. The van der Waals surface area contributed by atoms with E-state index in [-0.39, 0.29) is 10.6 Å². The molecule has 5 heteroatoms. The Balaban J connectivity index is 1.68. The van der Waals surface area contributed by atoms with Crippen LogP contribution in [0.4, 0.5) is 11.4 Å². The largest absolute Gasteiger partial charge is 0.384 e. The molecule has 3 rings (SSSR count). The second kappa shape index (κ2) is 4.96. The summed E-state index contributed by atoms with van der Waals surface area (Å²) in [4.78, 5) is 10.4. The molecule has 4 nitrogen and oxygen atoms in total. The van der Waals surface area contributed by atoms with Gasteiger partial charge >= 0.3 is 0 Å². The van der Waals surface area contributed by atoms with E-state index in [0.717, 1.165) is 22.6 Å². The minimum atomic E-state index is -0.363. The van der Waals surface area contributed by atoms with Crippen molar-refractivity contribution in [1.29, 1.82) is 0 Å². The molecule has 1 fully saturated rings. The number of nitrogens with one attached hydrogen (secondary N) is 1. The van der Waals surface area contributed by atoms with E-state index in [2.05, 4.69) is 33.4 Å². The zero-order valence-corrected chi connectivity index (χ0v) is 12.0. The van der Waals surface area contributed by atoms with Gasteiger partial charge in [-0.25, -0.2) is 0 Å². The van der Waals surface area contributed by atoms with Crippen LogP contribution in [0, 0.1) is 27.9 Å². The number of benzene rings is 1. The smallest absolute Gasteiger partial charge is 0.271 e. The van der Waals surface area contributed by atoms with Crippen LogP contribution in [0.15, 0.2) is 34.8 Å². The molecule has 0 aliphatic heterocycles. The van der Waals surface area contributed by atoms with Gasteiger partial charge in [-0.15, -0.1) is 0 Å². The van der Waals surface area contributed by atoms with Gasteiger partial charge in [-0.05, 0) is 52.6 Å². The molecule has 0 saturated heterocycles. The number of non-ortho nitro benzene ring substituents is 1. The molecular formula is C14H15BrN2O2. The number of hydrogen-bond donors (Lipinski definition) is 1. The Morgan fingerprint density at radius 2 is 2.21 bits per heavy atom. The monoisotopic (exact) mass is 322 g/mol. The summed E-state index contributed by atoms with van der Waals surface area (Å²) in [5.74, 6) is 2.10. The molecule has 1 saturated carbocycles. The normalized spacial score (nSPS) is 27.7. The maximum absolute atomic E-state index is 10.8. The molecule has 2 aliphatic carbocycles. The summed E-state index contributed by atoms with van der Waals surface area (Å²) in [6, 6.07) is 4.82. The average Bonchev–Trinajstić information content (AvgIpc) is 2.99. The molecule has 3 atom stereocenters. The van der Waals surface area contributed by atoms with Gasteiger partial charge in [-0.1, -0.05) is 12.2 Å². The summed E-state index contributed by atoms with van der Waals surface area (Å²) in [5.41, 5.74) is 0.930. The van der Waals surface area contributed by atoms with E-state index in [0.29, 0.717) is 11.8 Å². The molecule has 1 aromatic rings. The van der Waals surface area contributed by atoms with Crippen molar-refractivity contribution in [2.75, 3.05) is 11.9 Å². The minimum Gasteiger partial charge on any atom is -0.384 e. The van der Waals surface area contributed by atoms with Crippen LogP contribution < -0.4 is 5.32 Å². The molecule has 3 unspecified atom stereocenters. The van der Waals surface area contributed by atoms with Crippen molar-refractivity contribution in [2.45, 2.75) is 12.8 Å². The van der Waals surface area contributed by atoms with E-state index < -0.39 is 0 Å². The van der Waals surface area contributed by atoms with E-state index in [1.165, 1.54) is 18.9 Å². The molecule has 0 radical (unpaired) electrons. The Kier molecular flexibility index (Phi) is 3.31. The van der Waals surface area contributed by atoms with Gasteiger partial charge in [0, 0.05) is 23.2 Å². The zero-order valence-electron chi connectivity index (χ0n) is 10.4. The second-order valence-corrected chi connectivity index (χ2v) is 6.20. The fraction of sp³-hybridized carbons (Fsp3) is 0.429. The van der Waals surface area contributed by atoms with Gasteiger partial charge in [0.1, 0.15) is 0 Å².